The molecule has 3 rings (SSSR count). The number of benzene rings is 2. The first-order chi connectivity index (χ1) is 14.5. The van der Waals surface area contributed by atoms with Gasteiger partial charge in [-0.25, -0.2) is 0 Å². The van der Waals surface area contributed by atoms with Gasteiger partial charge in [0.25, 0.3) is 5.56 Å². The second kappa shape index (κ2) is 10.0. The highest BCUT2D eigenvalue weighted by atomic mass is 16.2. The van der Waals surface area contributed by atoms with Crippen LogP contribution in [0, 0.1) is 0 Å². The minimum atomic E-state index is -0.194. The molecule has 152 valence electrons. The number of aromatic nitrogens is 1. The number of pyridine rings is 1. The lowest BCUT2D eigenvalue weighted by Crippen LogP contribution is -2.20. The molecule has 0 spiro atoms. The average Bonchev–Trinajstić information content (AvgIpc) is 2.74. The molecule has 0 unspecified atom stereocenters. The Morgan fingerprint density at radius 3 is 2.30 bits per heavy atom. The Kier molecular flexibility index (Phi) is 6.95. The molecular weight excluding hydrogens is 378 g/mol. The lowest BCUT2D eigenvalue weighted by Gasteiger charge is -2.07. The number of hydrogen-bond acceptors (Lipinski definition) is 3. The van der Waals surface area contributed by atoms with Crippen LogP contribution >= 0.6 is 0 Å². The fraction of sp³-hybridized carbons (Fsp3) is 0.125. The minimum Gasteiger partial charge on any atom is -0.348 e. The fourth-order valence-electron chi connectivity index (χ4n) is 2.85. The van der Waals surface area contributed by atoms with E-state index in [4.69, 9.17) is 0 Å². The summed E-state index contributed by atoms with van der Waals surface area (Å²) in [5.41, 5.74) is 3.52. The highest BCUT2D eigenvalue weighted by Crippen LogP contribution is 2.11. The van der Waals surface area contributed by atoms with E-state index in [1.165, 1.54) is 19.1 Å². The van der Waals surface area contributed by atoms with E-state index < -0.39 is 0 Å². The van der Waals surface area contributed by atoms with Crippen molar-refractivity contribution in [3.05, 3.63) is 106 Å². The first-order valence-corrected chi connectivity index (χ1v) is 9.56. The second-order valence-corrected chi connectivity index (χ2v) is 6.84. The van der Waals surface area contributed by atoms with Gasteiger partial charge >= 0.3 is 0 Å². The third-order valence-electron chi connectivity index (χ3n) is 4.40. The van der Waals surface area contributed by atoms with Crippen molar-refractivity contribution in [2.45, 2.75) is 20.0 Å². The maximum Gasteiger partial charge on any atom is 0.250 e. The number of nitrogens with zero attached hydrogens (tertiary/aromatic N) is 1. The first-order valence-electron chi connectivity index (χ1n) is 9.56. The van der Waals surface area contributed by atoms with Gasteiger partial charge in [0.15, 0.2) is 0 Å². The molecule has 0 aliphatic heterocycles. The van der Waals surface area contributed by atoms with Crippen molar-refractivity contribution < 1.29 is 9.59 Å². The van der Waals surface area contributed by atoms with Crippen LogP contribution in [0.2, 0.25) is 0 Å². The van der Waals surface area contributed by atoms with Gasteiger partial charge in [0.2, 0.25) is 11.8 Å². The Balaban J connectivity index is 1.49. The maximum atomic E-state index is 12.1. The Labute approximate surface area is 174 Å². The molecule has 6 heteroatoms. The zero-order chi connectivity index (χ0) is 21.3. The largest absolute Gasteiger partial charge is 0.348 e. The molecule has 0 bridgehead atoms. The lowest BCUT2D eigenvalue weighted by atomic mass is 10.1. The summed E-state index contributed by atoms with van der Waals surface area (Å²) in [7, 11) is 0. The van der Waals surface area contributed by atoms with E-state index in [1.807, 2.05) is 42.5 Å². The normalized spacial score (nSPS) is 10.7. The molecule has 2 amide bonds. The Hall–Kier alpha value is -3.93. The smallest absolute Gasteiger partial charge is 0.250 e. The monoisotopic (exact) mass is 401 g/mol. The second-order valence-electron chi connectivity index (χ2n) is 6.84. The van der Waals surface area contributed by atoms with Crippen molar-refractivity contribution in [3.8, 4) is 0 Å². The van der Waals surface area contributed by atoms with E-state index in [1.54, 1.807) is 35.0 Å². The summed E-state index contributed by atoms with van der Waals surface area (Å²) >= 11 is 0. The van der Waals surface area contributed by atoms with Crippen LogP contribution in [0.3, 0.4) is 0 Å². The predicted octanol–water partition coefficient (Wildman–Crippen LogP) is 3.18. The van der Waals surface area contributed by atoms with Crippen molar-refractivity contribution in [3.63, 3.8) is 0 Å². The number of amides is 2. The van der Waals surface area contributed by atoms with E-state index in [2.05, 4.69) is 10.6 Å². The van der Waals surface area contributed by atoms with Crippen molar-refractivity contribution >= 4 is 23.6 Å². The van der Waals surface area contributed by atoms with Crippen molar-refractivity contribution in [2.75, 3.05) is 5.32 Å². The molecule has 0 saturated heterocycles. The summed E-state index contributed by atoms with van der Waals surface area (Å²) in [6.45, 7) is 2.38. The molecule has 1 heterocycles. The molecule has 0 aliphatic carbocycles. The maximum absolute atomic E-state index is 12.1. The van der Waals surface area contributed by atoms with Crippen LogP contribution in [0.4, 0.5) is 5.69 Å². The van der Waals surface area contributed by atoms with Crippen molar-refractivity contribution in [2.24, 2.45) is 0 Å². The summed E-state index contributed by atoms with van der Waals surface area (Å²) in [6.07, 6.45) is 4.95. The van der Waals surface area contributed by atoms with E-state index >= 15 is 0 Å². The topological polar surface area (TPSA) is 80.2 Å². The van der Waals surface area contributed by atoms with Gasteiger partial charge < -0.3 is 15.2 Å². The number of rotatable bonds is 7. The molecule has 2 N–H and O–H groups in total. The van der Waals surface area contributed by atoms with Crippen LogP contribution in [0.25, 0.3) is 6.08 Å². The van der Waals surface area contributed by atoms with E-state index in [-0.39, 0.29) is 17.4 Å². The zero-order valence-electron chi connectivity index (χ0n) is 16.7. The van der Waals surface area contributed by atoms with Gasteiger partial charge in [-0.3, -0.25) is 14.4 Å². The third-order valence-corrected chi connectivity index (χ3v) is 4.40. The summed E-state index contributed by atoms with van der Waals surface area (Å²) < 4.78 is 1.64. The van der Waals surface area contributed by atoms with Gasteiger partial charge in [0, 0.05) is 37.5 Å². The molecular formula is C24H23N3O3. The molecule has 1 aromatic heterocycles. The average molecular weight is 401 g/mol. The number of carbonyl (C=O) groups excluding carboxylic acids is 2. The predicted molar refractivity (Wildman–Crippen MR) is 118 cm³/mol. The quantitative estimate of drug-likeness (QED) is 0.597. The van der Waals surface area contributed by atoms with E-state index in [9.17, 15) is 14.4 Å². The number of nitrogens with one attached hydrogen (secondary N) is 2. The third kappa shape index (κ3) is 6.31. The number of anilines is 1. The first kappa shape index (κ1) is 20.8. The van der Waals surface area contributed by atoms with Gasteiger partial charge in [0.1, 0.15) is 0 Å². The highest BCUT2D eigenvalue weighted by Gasteiger charge is 2.00. The van der Waals surface area contributed by atoms with Gasteiger partial charge in [0.05, 0.1) is 6.54 Å². The standard InChI is InChI=1S/C24H23N3O3/c1-18(28)26-22-12-9-19(10-13-22)11-14-23(29)25-16-20-5-7-21(8-6-20)17-27-15-3-2-4-24(27)30/h2-15H,16-17H2,1H3,(H,25,29)(H,26,28). The molecule has 30 heavy (non-hydrogen) atoms. The fourth-order valence-corrected chi connectivity index (χ4v) is 2.85. The van der Waals surface area contributed by atoms with Gasteiger partial charge in [-0.1, -0.05) is 42.5 Å². The van der Waals surface area contributed by atoms with Crippen LogP contribution in [0.15, 0.2) is 83.8 Å². The van der Waals surface area contributed by atoms with Gasteiger partial charge in [-0.15, -0.1) is 0 Å². The molecule has 0 radical (unpaired) electrons. The Morgan fingerprint density at radius 2 is 1.63 bits per heavy atom. The number of carbonyl (C=O) groups is 2. The van der Waals surface area contributed by atoms with E-state index in [0.29, 0.717) is 18.8 Å². The molecule has 3 aromatic rings. The van der Waals surface area contributed by atoms with Crippen LogP contribution in [-0.2, 0) is 22.7 Å². The molecule has 0 atom stereocenters. The van der Waals surface area contributed by atoms with Crippen LogP contribution in [0.1, 0.15) is 23.6 Å². The highest BCUT2D eigenvalue weighted by molar-refractivity contribution is 5.92. The molecule has 0 aliphatic rings. The summed E-state index contributed by atoms with van der Waals surface area (Å²) in [4.78, 5) is 34.9. The van der Waals surface area contributed by atoms with E-state index in [0.717, 1.165) is 16.7 Å². The zero-order valence-corrected chi connectivity index (χ0v) is 16.7. The summed E-state index contributed by atoms with van der Waals surface area (Å²) in [5.74, 6) is -0.319. The summed E-state index contributed by atoms with van der Waals surface area (Å²) in [6, 6.07) is 20.1. The molecule has 2 aromatic carbocycles. The van der Waals surface area contributed by atoms with Crippen molar-refractivity contribution in [1.29, 1.82) is 0 Å². The summed E-state index contributed by atoms with van der Waals surface area (Å²) in [5, 5.41) is 5.54. The molecule has 6 nitrogen and oxygen atoms in total. The van der Waals surface area contributed by atoms with Crippen LogP contribution < -0.4 is 16.2 Å². The van der Waals surface area contributed by atoms with Gasteiger partial charge in [-0.2, -0.15) is 0 Å². The molecule has 0 saturated carbocycles. The SMILES string of the molecule is CC(=O)Nc1ccc(C=CC(=O)NCc2ccc(Cn3ccccc3=O)cc2)cc1. The van der Waals surface area contributed by atoms with Gasteiger partial charge in [-0.05, 0) is 41.0 Å². The van der Waals surface area contributed by atoms with Crippen molar-refractivity contribution in [1.82, 2.24) is 9.88 Å². The Morgan fingerprint density at radius 1 is 0.933 bits per heavy atom. The minimum absolute atomic E-state index is 0.0367. The number of hydrogen-bond donors (Lipinski definition) is 2. The Bertz CT molecular complexity index is 1100. The van der Waals surface area contributed by atoms with Crippen LogP contribution in [-0.4, -0.2) is 16.4 Å². The molecule has 0 fully saturated rings. The lowest BCUT2D eigenvalue weighted by molar-refractivity contribution is -0.116. The van der Waals surface area contributed by atoms with Crippen LogP contribution in [0.5, 0.6) is 0 Å².